The molecule has 0 saturated carbocycles. The maximum absolute atomic E-state index is 11.9. The maximum atomic E-state index is 11.9. The lowest BCUT2D eigenvalue weighted by Crippen LogP contribution is -2.53. The number of alkyl halides is 9. The summed E-state index contributed by atoms with van der Waals surface area (Å²) in [6.07, 6.45) is -14.1. The van der Waals surface area contributed by atoms with E-state index in [9.17, 15) is 68.3 Å². The van der Waals surface area contributed by atoms with Crippen molar-refractivity contribution >= 4 is 53.5 Å². The minimum absolute atomic E-state index is 0.121. The molecule has 0 aromatic heterocycles. The molecular weight excluding hydrogens is 545 g/mol. The van der Waals surface area contributed by atoms with Crippen molar-refractivity contribution in [3.63, 3.8) is 0 Å². The topological polar surface area (TPSA) is 167 Å². The van der Waals surface area contributed by atoms with Gasteiger partial charge >= 0.3 is 53.8 Å². The van der Waals surface area contributed by atoms with Crippen LogP contribution in [-0.2, 0) is 42.0 Å². The van der Waals surface area contributed by atoms with Crippen molar-refractivity contribution in [2.45, 2.75) is 31.6 Å². The molecule has 0 unspecified atom stereocenters. The van der Waals surface area contributed by atoms with Gasteiger partial charge in [0.25, 0.3) is 0 Å². The summed E-state index contributed by atoms with van der Waals surface area (Å²) in [6.45, 7) is 1.18. The molecule has 0 spiro atoms. The molecule has 0 atom stereocenters. The lowest BCUT2D eigenvalue weighted by molar-refractivity contribution is -0.209. The quantitative estimate of drug-likeness (QED) is 0.205. The molecule has 23 heteroatoms. The van der Waals surface area contributed by atoms with Crippen LogP contribution in [0.25, 0.3) is 0 Å². The van der Waals surface area contributed by atoms with Crippen LogP contribution in [0.4, 0.5) is 39.5 Å². The highest BCUT2D eigenvalue weighted by Crippen LogP contribution is 2.27. The summed E-state index contributed by atoms with van der Waals surface area (Å²) < 4.78 is 127. The van der Waals surface area contributed by atoms with Crippen molar-refractivity contribution in [2.75, 3.05) is 0 Å². The third-order valence-electron chi connectivity index (χ3n) is 2.30. The average molecular weight is 551 g/mol. The highest BCUT2D eigenvalue weighted by molar-refractivity contribution is 6.75. The predicted octanol–water partition coefficient (Wildman–Crippen LogP) is 1.43. The fourth-order valence-corrected chi connectivity index (χ4v) is 3.23. The molecule has 0 amide bonds. The second kappa shape index (κ2) is 12.0. The normalized spacial score (nSPS) is 13.1. The zero-order valence-electron chi connectivity index (χ0n) is 15.9. The van der Waals surface area contributed by atoms with Crippen LogP contribution in [0, 0.1) is 0 Å². The lowest BCUT2D eigenvalue weighted by Gasteiger charge is -2.25. The van der Waals surface area contributed by atoms with E-state index in [2.05, 4.69) is 27.3 Å². The Bertz CT molecular complexity index is 816. The van der Waals surface area contributed by atoms with Crippen LogP contribution in [0.1, 0.15) is 0 Å². The second-order valence-electron chi connectivity index (χ2n) is 5.10. The summed E-state index contributed by atoms with van der Waals surface area (Å²) in [5.74, 6) is -9.97. The Labute approximate surface area is 181 Å². The van der Waals surface area contributed by atoms with Gasteiger partial charge in [0.05, 0.1) is 0 Å². The number of carbonyl (C=O) groups is 3. The first-order valence-corrected chi connectivity index (χ1v) is 11.8. The second-order valence-corrected chi connectivity index (χ2v) is 10.1. The molecule has 0 aliphatic rings. The molecule has 0 aliphatic carbocycles. The summed E-state index contributed by atoms with van der Waals surface area (Å²) in [7, 11) is -9.12. The number of nitrogens with zero attached hydrogens (tertiary/aromatic N) is 3. The van der Waals surface area contributed by atoms with Gasteiger partial charge in [0.1, 0.15) is 0 Å². The van der Waals surface area contributed by atoms with Gasteiger partial charge in [-0.1, -0.05) is 0 Å². The molecule has 0 aromatic carbocycles. The molecule has 0 aliphatic heterocycles. The summed E-state index contributed by atoms with van der Waals surface area (Å²) in [6, 6.07) is 0. The predicted molar refractivity (Wildman–Crippen MR) is 84.0 cm³/mol. The van der Waals surface area contributed by atoms with Crippen molar-refractivity contribution < 1.29 is 81.6 Å². The average Bonchev–Trinajstić information content (AvgIpc) is 2.59. The van der Waals surface area contributed by atoms with Gasteiger partial charge in [-0.15, -0.1) is 0 Å². The molecular formula is C11H6F9N3O9Si2. The highest BCUT2D eigenvalue weighted by atomic mass is 28.4. The Morgan fingerprint density at radius 2 is 0.794 bits per heavy atom. The zero-order chi connectivity index (χ0) is 27.6. The van der Waals surface area contributed by atoms with Gasteiger partial charge in [-0.2, -0.15) is 53.5 Å². The van der Waals surface area contributed by atoms with Gasteiger partial charge in [0.2, 0.25) is 18.2 Å². The molecule has 0 heterocycles. The van der Waals surface area contributed by atoms with Crippen LogP contribution in [0.15, 0.2) is 14.0 Å². The van der Waals surface area contributed by atoms with Crippen molar-refractivity contribution in [3.05, 3.63) is 0 Å². The van der Waals surface area contributed by atoms with E-state index in [4.69, 9.17) is 0 Å². The van der Waals surface area contributed by atoms with Crippen LogP contribution >= 0.6 is 0 Å². The molecule has 0 bridgehead atoms. The van der Waals surface area contributed by atoms with Gasteiger partial charge < -0.3 is 13.3 Å². The van der Waals surface area contributed by atoms with E-state index in [1.807, 2.05) is 0 Å². The van der Waals surface area contributed by atoms with Crippen molar-refractivity contribution in [1.82, 2.24) is 0 Å². The Kier molecular flexibility index (Phi) is 11.5. The Morgan fingerprint density at radius 3 is 0.941 bits per heavy atom. The highest BCUT2D eigenvalue weighted by Gasteiger charge is 2.59. The fraction of sp³-hybridized carbons (Fsp3) is 0.455. The van der Waals surface area contributed by atoms with Crippen molar-refractivity contribution in [3.8, 4) is 0 Å². The van der Waals surface area contributed by atoms with Crippen LogP contribution in [0.3, 0.4) is 0 Å². The molecule has 0 saturated heterocycles. The zero-order valence-corrected chi connectivity index (χ0v) is 17.9. The largest absolute Gasteiger partial charge is 0.702 e. The molecule has 0 aromatic rings. The van der Waals surface area contributed by atoms with E-state index in [1.165, 1.54) is 24.8 Å². The van der Waals surface area contributed by atoms with Crippen molar-refractivity contribution in [1.29, 1.82) is 0 Å². The van der Waals surface area contributed by atoms with Crippen molar-refractivity contribution in [2.24, 2.45) is 14.0 Å². The Morgan fingerprint density at radius 1 is 0.588 bits per heavy atom. The van der Waals surface area contributed by atoms with Crippen LogP contribution < -0.4 is 0 Å². The van der Waals surface area contributed by atoms with E-state index < -0.39 is 53.8 Å². The van der Waals surface area contributed by atoms with E-state index >= 15 is 0 Å². The number of carbonyl (C=O) groups excluding carboxylic acids is 6. The van der Waals surface area contributed by atoms with Gasteiger partial charge in [-0.05, 0) is 6.55 Å². The first kappa shape index (κ1) is 32.5. The number of halogens is 9. The lowest BCUT2D eigenvalue weighted by atomic mass is 10.7. The molecule has 0 rings (SSSR count). The van der Waals surface area contributed by atoms with E-state index in [0.717, 1.165) is 0 Å². The van der Waals surface area contributed by atoms with Crippen LogP contribution in [-0.4, -0.2) is 72.0 Å². The molecule has 190 valence electrons. The number of isocyanates is 3. The van der Waals surface area contributed by atoms with Crippen LogP contribution in [0.2, 0.25) is 13.1 Å². The van der Waals surface area contributed by atoms with E-state index in [-0.39, 0.29) is 6.55 Å². The minimum Gasteiger partial charge on any atom is -0.448 e. The van der Waals surface area contributed by atoms with E-state index in [0.29, 0.717) is 0 Å². The Balaban J connectivity index is 0. The van der Waals surface area contributed by atoms with E-state index in [1.54, 1.807) is 0 Å². The standard InChI is InChI=1S/C7H3F9O6Si.C4H3N3O3Si/c1-23(20-2(17)5(8,9)10,21-3(18)6(11,12)13)22-4(19)7(14,15)16;1-11(5-2-8,6-3-9)7-4-10/h1H3;1H3. The summed E-state index contributed by atoms with van der Waals surface area (Å²) in [4.78, 5) is 60.7. The third kappa shape index (κ3) is 12.4. The van der Waals surface area contributed by atoms with Gasteiger partial charge in [-0.25, -0.2) is 28.8 Å². The first-order chi connectivity index (χ1) is 15.1. The number of rotatable bonds is 6. The molecule has 0 N–H and O–H groups in total. The maximum Gasteiger partial charge on any atom is 0.702 e. The summed E-state index contributed by atoms with van der Waals surface area (Å²) in [5, 5.41) is 0. The van der Waals surface area contributed by atoms with Gasteiger partial charge in [0, 0.05) is 6.55 Å². The molecule has 34 heavy (non-hydrogen) atoms. The van der Waals surface area contributed by atoms with Gasteiger partial charge in [-0.3, -0.25) is 0 Å². The Hall–Kier alpha value is -3.65. The summed E-state index contributed by atoms with van der Waals surface area (Å²) in [5.41, 5.74) is 0. The number of hydrogen-bond acceptors (Lipinski definition) is 12. The SMILES string of the molecule is C[Si](N=C=O)(N=C=O)N=C=O.C[Si](OC(=O)C(F)(F)F)(OC(=O)C(F)(F)F)OC(=O)C(F)(F)F. The first-order valence-electron chi connectivity index (χ1n) is 7.24. The molecule has 0 radical (unpaired) electrons. The summed E-state index contributed by atoms with van der Waals surface area (Å²) >= 11 is 0. The van der Waals surface area contributed by atoms with Gasteiger partial charge in [0.15, 0.2) is 0 Å². The fourth-order valence-electron chi connectivity index (χ4n) is 1.08. The third-order valence-corrected chi connectivity index (χ3v) is 5.51. The number of hydrogen-bond donors (Lipinski definition) is 0. The molecule has 0 fully saturated rings. The monoisotopic (exact) mass is 551 g/mol. The van der Waals surface area contributed by atoms with Crippen LogP contribution in [0.5, 0.6) is 0 Å². The molecule has 12 nitrogen and oxygen atoms in total. The minimum atomic E-state index is -5.98. The smallest absolute Gasteiger partial charge is 0.448 e.